The molecule has 0 radical (unpaired) electrons. The molecule has 3 heteroatoms. The van der Waals surface area contributed by atoms with Crippen molar-refractivity contribution in [3.05, 3.63) is 28.8 Å². The molecule has 0 aliphatic heterocycles. The van der Waals surface area contributed by atoms with Crippen LogP contribution in [0, 0.1) is 6.92 Å². The van der Waals surface area contributed by atoms with Crippen molar-refractivity contribution in [1.29, 1.82) is 0 Å². The van der Waals surface area contributed by atoms with Gasteiger partial charge in [-0.2, -0.15) is 0 Å². The van der Waals surface area contributed by atoms with Gasteiger partial charge in [0.05, 0.1) is 0 Å². The molecule has 2 atom stereocenters. The van der Waals surface area contributed by atoms with Crippen molar-refractivity contribution < 1.29 is 5.11 Å². The molecule has 0 aliphatic rings. The summed E-state index contributed by atoms with van der Waals surface area (Å²) >= 11 is 0. The van der Waals surface area contributed by atoms with Crippen molar-refractivity contribution in [2.75, 3.05) is 23.0 Å². The van der Waals surface area contributed by atoms with Crippen molar-refractivity contribution in [2.24, 2.45) is 0 Å². The van der Waals surface area contributed by atoms with E-state index in [0.717, 1.165) is 11.3 Å². The first kappa shape index (κ1) is 35.7. The SMILES string of the molecule is CCCCCCCCC[SH](CCCC)Cc1cc(C)c(O)c(C[SH](CCCC)CCCCCCCCC)c1. The smallest absolute Gasteiger partial charge is 0.122 e. The quantitative estimate of drug-likeness (QED) is 0.0749. The second-order valence-electron chi connectivity index (χ2n) is 11.9. The molecule has 0 saturated carbocycles. The minimum Gasteiger partial charge on any atom is -0.507 e. The fourth-order valence-corrected chi connectivity index (χ4v) is 10.9. The van der Waals surface area contributed by atoms with E-state index in [-0.39, 0.29) is 21.8 Å². The molecule has 0 aliphatic carbocycles. The van der Waals surface area contributed by atoms with Gasteiger partial charge in [0.2, 0.25) is 0 Å². The molecule has 0 spiro atoms. The predicted molar refractivity (Wildman–Crippen MR) is 183 cm³/mol. The molecule has 226 valence electrons. The number of thiol groups is 2. The maximum absolute atomic E-state index is 11.0. The van der Waals surface area contributed by atoms with Crippen LogP contribution in [0.2, 0.25) is 0 Å². The van der Waals surface area contributed by atoms with Gasteiger partial charge in [0.1, 0.15) is 5.75 Å². The van der Waals surface area contributed by atoms with Crippen LogP contribution in [0.4, 0.5) is 0 Å². The lowest BCUT2D eigenvalue weighted by molar-refractivity contribution is 0.466. The first-order valence-corrected chi connectivity index (χ1v) is 20.6. The lowest BCUT2D eigenvalue weighted by Crippen LogP contribution is -2.03. The summed E-state index contributed by atoms with van der Waals surface area (Å²) < 4.78 is 0. The molecule has 0 amide bonds. The van der Waals surface area contributed by atoms with E-state index >= 15 is 0 Å². The number of unbranched alkanes of at least 4 members (excludes halogenated alkanes) is 14. The van der Waals surface area contributed by atoms with Gasteiger partial charge in [-0.3, -0.25) is 0 Å². The summed E-state index contributed by atoms with van der Waals surface area (Å²) in [7, 11) is 0.0566. The number of hydrogen-bond donors (Lipinski definition) is 3. The molecule has 0 aromatic heterocycles. The third kappa shape index (κ3) is 17.4. The Kier molecular flexibility index (Phi) is 23.1. The Balaban J connectivity index is 2.72. The topological polar surface area (TPSA) is 20.2 Å². The Hall–Kier alpha value is -0.280. The molecule has 0 saturated heterocycles. The summed E-state index contributed by atoms with van der Waals surface area (Å²) in [4.78, 5) is 0. The van der Waals surface area contributed by atoms with Crippen molar-refractivity contribution in [2.45, 2.75) is 162 Å². The summed E-state index contributed by atoms with van der Waals surface area (Å²) in [6.07, 6.45) is 25.0. The van der Waals surface area contributed by atoms with E-state index in [1.54, 1.807) is 0 Å². The van der Waals surface area contributed by atoms with Crippen LogP contribution in [0.15, 0.2) is 12.1 Å². The first-order valence-electron chi connectivity index (χ1n) is 16.8. The van der Waals surface area contributed by atoms with Gasteiger partial charge in [0.25, 0.3) is 0 Å². The van der Waals surface area contributed by atoms with Gasteiger partial charge in [-0.25, -0.2) is 21.8 Å². The third-order valence-electron chi connectivity index (χ3n) is 8.05. The second kappa shape index (κ2) is 24.5. The van der Waals surface area contributed by atoms with Gasteiger partial charge in [0, 0.05) is 17.1 Å². The van der Waals surface area contributed by atoms with Crippen LogP contribution in [0.3, 0.4) is 0 Å². The molecule has 1 rings (SSSR count). The van der Waals surface area contributed by atoms with Crippen molar-refractivity contribution in [3.8, 4) is 5.75 Å². The molecule has 0 heterocycles. The zero-order chi connectivity index (χ0) is 27.8. The monoisotopic (exact) mass is 568 g/mol. The van der Waals surface area contributed by atoms with Crippen LogP contribution in [-0.2, 0) is 11.5 Å². The van der Waals surface area contributed by atoms with E-state index in [1.165, 1.54) is 155 Å². The van der Waals surface area contributed by atoms with Gasteiger partial charge >= 0.3 is 0 Å². The maximum Gasteiger partial charge on any atom is 0.122 e. The van der Waals surface area contributed by atoms with Crippen LogP contribution < -0.4 is 0 Å². The molecule has 2 unspecified atom stereocenters. The van der Waals surface area contributed by atoms with Gasteiger partial charge in [-0.1, -0.05) is 130 Å². The lowest BCUT2D eigenvalue weighted by atomic mass is 10.1. The van der Waals surface area contributed by atoms with E-state index in [9.17, 15) is 5.11 Å². The average molecular weight is 569 g/mol. The Labute approximate surface area is 245 Å². The summed E-state index contributed by atoms with van der Waals surface area (Å²) in [5.41, 5.74) is 3.90. The Morgan fingerprint density at radius 3 is 1.37 bits per heavy atom. The molecular weight excluding hydrogens is 501 g/mol. The fourth-order valence-electron chi connectivity index (χ4n) is 5.53. The highest BCUT2D eigenvalue weighted by Crippen LogP contribution is 2.40. The highest BCUT2D eigenvalue weighted by Gasteiger charge is 2.14. The molecule has 1 nitrogen and oxygen atoms in total. The van der Waals surface area contributed by atoms with Crippen LogP contribution in [0.1, 0.15) is 160 Å². The third-order valence-corrected chi connectivity index (χ3v) is 13.4. The number of phenols is 1. The average Bonchev–Trinajstić information content (AvgIpc) is 2.91. The van der Waals surface area contributed by atoms with E-state index in [2.05, 4.69) is 46.8 Å². The summed E-state index contributed by atoms with van der Waals surface area (Å²) in [5, 5.41) is 11.0. The summed E-state index contributed by atoms with van der Waals surface area (Å²) in [5.74, 6) is 8.65. The van der Waals surface area contributed by atoms with E-state index < -0.39 is 0 Å². The number of rotatable bonds is 26. The van der Waals surface area contributed by atoms with Crippen LogP contribution in [0.25, 0.3) is 0 Å². The number of phenolic OH excluding ortho intramolecular Hbond substituents is 1. The second-order valence-corrected chi connectivity index (χ2v) is 17.0. The number of hydrogen-bond acceptors (Lipinski definition) is 1. The Morgan fingerprint density at radius 1 is 0.500 bits per heavy atom. The van der Waals surface area contributed by atoms with Crippen LogP contribution in [0.5, 0.6) is 5.75 Å². The number of aryl methyl sites for hydroxylation is 1. The first-order chi connectivity index (χ1) is 18.5. The fraction of sp³-hybridized carbons (Fsp3) is 0.829. The van der Waals surface area contributed by atoms with Gasteiger partial charge in [-0.15, -0.1) is 0 Å². The molecular formula is C35H68OS2. The Bertz CT molecular complexity index is 674. The summed E-state index contributed by atoms with van der Waals surface area (Å²) in [6, 6.07) is 4.75. The number of aromatic hydroxyl groups is 1. The largest absolute Gasteiger partial charge is 0.507 e. The maximum atomic E-state index is 11.0. The molecule has 38 heavy (non-hydrogen) atoms. The van der Waals surface area contributed by atoms with Crippen molar-refractivity contribution in [1.82, 2.24) is 0 Å². The number of benzene rings is 1. The van der Waals surface area contributed by atoms with Gasteiger partial charge in [0.15, 0.2) is 0 Å². The van der Waals surface area contributed by atoms with Gasteiger partial charge in [-0.05, 0) is 66.7 Å². The zero-order valence-corrected chi connectivity index (χ0v) is 28.3. The van der Waals surface area contributed by atoms with Crippen LogP contribution >= 0.6 is 21.8 Å². The minimum absolute atomic E-state index is 0.0142. The molecule has 1 aromatic carbocycles. The zero-order valence-electron chi connectivity index (χ0n) is 26.5. The van der Waals surface area contributed by atoms with Crippen LogP contribution in [-0.4, -0.2) is 28.1 Å². The molecule has 1 N–H and O–H groups in total. The lowest BCUT2D eigenvalue weighted by Gasteiger charge is -2.25. The molecule has 0 bridgehead atoms. The van der Waals surface area contributed by atoms with E-state index in [4.69, 9.17) is 0 Å². The Morgan fingerprint density at radius 2 is 0.895 bits per heavy atom. The standard InChI is InChI=1S/C35H68OS2/c1-6-10-14-16-18-20-22-26-37(24-12-8-3)30-33-28-32(5)35(36)34(29-33)31-38(25-13-9-4)27-23-21-19-17-15-11-7-2/h28-29,36-38H,6-27,30-31H2,1-5H3. The van der Waals surface area contributed by atoms with Crippen molar-refractivity contribution in [3.63, 3.8) is 0 Å². The van der Waals surface area contributed by atoms with Crippen molar-refractivity contribution >= 4 is 21.8 Å². The summed E-state index contributed by atoms with van der Waals surface area (Å²) in [6.45, 7) is 11.4. The van der Waals surface area contributed by atoms with E-state index in [1.807, 2.05) is 0 Å². The van der Waals surface area contributed by atoms with Gasteiger partial charge < -0.3 is 5.11 Å². The highest BCUT2D eigenvalue weighted by molar-refractivity contribution is 8.16. The minimum atomic E-state index is -0.0142. The predicted octanol–water partition coefficient (Wildman–Crippen LogP) is 11.8. The van der Waals surface area contributed by atoms with E-state index in [0.29, 0.717) is 5.75 Å². The normalized spacial score (nSPS) is 14.1. The molecule has 0 fully saturated rings. The molecule has 1 aromatic rings. The highest BCUT2D eigenvalue weighted by atomic mass is 32.2.